The number of fused-ring (bicyclic) bond motifs is 2. The summed E-state index contributed by atoms with van der Waals surface area (Å²) in [7, 11) is 2.09. The van der Waals surface area contributed by atoms with E-state index in [1.54, 1.807) is 18.2 Å². The molecule has 0 saturated carbocycles. The molecule has 1 unspecified atom stereocenters. The second-order valence-electron chi connectivity index (χ2n) is 10.7. The van der Waals surface area contributed by atoms with Crippen LogP contribution in [-0.2, 0) is 16.0 Å². The van der Waals surface area contributed by atoms with E-state index < -0.39 is 17.7 Å². The molecule has 3 aromatic rings. The molecule has 0 bridgehead atoms. The predicted octanol–water partition coefficient (Wildman–Crippen LogP) is 3.52. The summed E-state index contributed by atoms with van der Waals surface area (Å²) in [6.07, 6.45) is 0.698. The number of carbonyl (C=O) groups is 3. The van der Waals surface area contributed by atoms with Gasteiger partial charge in [-0.1, -0.05) is 18.2 Å². The minimum atomic E-state index is -1.09. The Hall–Kier alpha value is -4.41. The molecule has 10 heteroatoms. The van der Waals surface area contributed by atoms with Gasteiger partial charge in [-0.3, -0.25) is 19.5 Å². The summed E-state index contributed by atoms with van der Waals surface area (Å²) in [4.78, 5) is 49.0. The first-order valence-electron chi connectivity index (χ1n) is 13.6. The van der Waals surface area contributed by atoms with Crippen LogP contribution >= 0.6 is 0 Å². The molecule has 1 fully saturated rings. The van der Waals surface area contributed by atoms with Gasteiger partial charge in [-0.05, 0) is 72.6 Å². The zero-order chi connectivity index (χ0) is 28.7. The van der Waals surface area contributed by atoms with Gasteiger partial charge in [0.25, 0.3) is 0 Å². The van der Waals surface area contributed by atoms with Crippen LogP contribution in [0.3, 0.4) is 0 Å². The highest BCUT2D eigenvalue weighted by atomic mass is 19.1. The van der Waals surface area contributed by atoms with Gasteiger partial charge in [-0.25, -0.2) is 9.18 Å². The molecule has 0 spiro atoms. The molecule has 210 valence electrons. The number of hydrogen-bond donors (Lipinski definition) is 2. The van der Waals surface area contributed by atoms with Gasteiger partial charge < -0.3 is 20.2 Å². The van der Waals surface area contributed by atoms with Crippen molar-refractivity contribution >= 4 is 40.6 Å². The number of nitrogens with one attached hydrogen (secondary N) is 1. The van der Waals surface area contributed by atoms with Crippen LogP contribution in [0.15, 0.2) is 65.7 Å². The number of rotatable bonds is 6. The first kappa shape index (κ1) is 26.8. The fourth-order valence-corrected chi connectivity index (χ4v) is 5.72. The van der Waals surface area contributed by atoms with Crippen molar-refractivity contribution < 1.29 is 23.9 Å². The first-order chi connectivity index (χ1) is 19.8. The Kier molecular flexibility index (Phi) is 7.10. The monoisotopic (exact) mass is 555 g/mol. The third-order valence-corrected chi connectivity index (χ3v) is 8.01. The molecule has 3 aliphatic heterocycles. The topological polar surface area (TPSA) is 106 Å². The molecule has 3 heterocycles. The Morgan fingerprint density at radius 1 is 0.976 bits per heavy atom. The molecule has 0 aliphatic carbocycles. The minimum absolute atomic E-state index is 0.0651. The molecular weight excluding hydrogens is 525 g/mol. The van der Waals surface area contributed by atoms with E-state index in [1.165, 1.54) is 24.3 Å². The molecule has 6 rings (SSSR count). The van der Waals surface area contributed by atoms with E-state index in [-0.39, 0.29) is 17.4 Å². The molecule has 9 nitrogen and oxygen atoms in total. The average Bonchev–Trinajstić information content (AvgIpc) is 3.53. The first-order valence-corrected chi connectivity index (χ1v) is 13.6. The van der Waals surface area contributed by atoms with Crippen molar-refractivity contribution in [3.05, 3.63) is 88.7 Å². The van der Waals surface area contributed by atoms with Crippen LogP contribution < -0.4 is 10.2 Å². The van der Waals surface area contributed by atoms with Crippen LogP contribution in [0.4, 0.5) is 21.5 Å². The molecule has 1 atom stereocenters. The lowest BCUT2D eigenvalue weighted by molar-refractivity contribution is -0.120. The number of likely N-dealkylation sites (N-methyl/N-ethyl adjacent to an activating group) is 1. The van der Waals surface area contributed by atoms with Crippen LogP contribution in [0.5, 0.6) is 0 Å². The van der Waals surface area contributed by atoms with E-state index >= 15 is 0 Å². The number of hydrogen-bond acceptors (Lipinski definition) is 6. The maximum absolute atomic E-state index is 13.8. The number of benzene rings is 3. The van der Waals surface area contributed by atoms with Gasteiger partial charge in [-0.2, -0.15) is 0 Å². The second kappa shape index (κ2) is 10.9. The van der Waals surface area contributed by atoms with Gasteiger partial charge in [-0.15, -0.1) is 0 Å². The smallest absolute Gasteiger partial charge is 0.335 e. The Labute approximate surface area is 236 Å². The molecule has 3 aromatic carbocycles. The molecule has 41 heavy (non-hydrogen) atoms. The van der Waals surface area contributed by atoms with Crippen molar-refractivity contribution in [2.24, 2.45) is 4.99 Å². The number of nitrogens with zero attached hydrogens (tertiary/aromatic N) is 4. The van der Waals surface area contributed by atoms with Gasteiger partial charge in [0.2, 0.25) is 11.8 Å². The molecule has 0 radical (unpaired) electrons. The van der Waals surface area contributed by atoms with Crippen LogP contribution in [-0.4, -0.2) is 84.7 Å². The summed E-state index contributed by atoms with van der Waals surface area (Å²) >= 11 is 0. The third-order valence-electron chi connectivity index (χ3n) is 8.01. The number of anilines is 2. The number of aliphatic imine (C=N–C) groups is 1. The quantitative estimate of drug-likeness (QED) is 0.451. The van der Waals surface area contributed by atoms with Crippen molar-refractivity contribution in [2.75, 3.05) is 56.5 Å². The van der Waals surface area contributed by atoms with E-state index in [0.29, 0.717) is 47.7 Å². The summed E-state index contributed by atoms with van der Waals surface area (Å²) < 4.78 is 13.8. The number of piperazine rings is 1. The maximum Gasteiger partial charge on any atom is 0.335 e. The third kappa shape index (κ3) is 5.36. The Bertz CT molecular complexity index is 1560. The van der Waals surface area contributed by atoms with Crippen LogP contribution in [0.1, 0.15) is 33.0 Å². The van der Waals surface area contributed by atoms with Crippen LogP contribution in [0.25, 0.3) is 0 Å². The molecular formula is C31H30FN5O4. The number of amides is 2. The normalized spacial score (nSPS) is 19.2. The molecule has 3 aliphatic rings. The summed E-state index contributed by atoms with van der Waals surface area (Å²) in [5.74, 6) is -2.57. The summed E-state index contributed by atoms with van der Waals surface area (Å²) in [6.45, 7) is 4.64. The number of carbonyl (C=O) groups excluding carboxylic acids is 2. The predicted molar refractivity (Wildman–Crippen MR) is 154 cm³/mol. The van der Waals surface area contributed by atoms with E-state index in [4.69, 9.17) is 4.99 Å². The van der Waals surface area contributed by atoms with Gasteiger partial charge >= 0.3 is 5.97 Å². The van der Waals surface area contributed by atoms with E-state index in [2.05, 4.69) is 22.2 Å². The van der Waals surface area contributed by atoms with Crippen molar-refractivity contribution in [1.29, 1.82) is 0 Å². The lowest BCUT2D eigenvalue weighted by Gasteiger charge is -2.32. The molecule has 2 N–H and O–H groups in total. The number of aromatic carboxylic acids is 1. The Balaban J connectivity index is 1.31. The molecule has 0 aromatic heterocycles. The number of halogens is 1. The maximum atomic E-state index is 13.8. The van der Waals surface area contributed by atoms with Crippen molar-refractivity contribution in [3.63, 3.8) is 0 Å². The zero-order valence-electron chi connectivity index (χ0n) is 22.6. The van der Waals surface area contributed by atoms with Crippen LogP contribution in [0, 0.1) is 5.82 Å². The van der Waals surface area contributed by atoms with E-state index in [1.807, 2.05) is 23.1 Å². The van der Waals surface area contributed by atoms with E-state index in [0.717, 1.165) is 37.4 Å². The fourth-order valence-electron chi connectivity index (χ4n) is 5.72. The van der Waals surface area contributed by atoms with E-state index in [9.17, 15) is 23.9 Å². The zero-order valence-corrected chi connectivity index (χ0v) is 22.6. The highest BCUT2D eigenvalue weighted by Crippen LogP contribution is 2.38. The lowest BCUT2D eigenvalue weighted by atomic mass is 9.90. The molecule has 1 saturated heterocycles. The van der Waals surface area contributed by atoms with Crippen molar-refractivity contribution in [3.8, 4) is 0 Å². The lowest BCUT2D eigenvalue weighted by Crippen LogP contribution is -2.48. The van der Waals surface area contributed by atoms with Gasteiger partial charge in [0.1, 0.15) is 11.7 Å². The van der Waals surface area contributed by atoms with Crippen molar-refractivity contribution in [2.45, 2.75) is 12.3 Å². The van der Waals surface area contributed by atoms with Crippen molar-refractivity contribution in [1.82, 2.24) is 9.80 Å². The number of carboxylic acid groups (broad SMARTS) is 1. The van der Waals surface area contributed by atoms with Gasteiger partial charge in [0.05, 0.1) is 23.5 Å². The largest absolute Gasteiger partial charge is 0.478 e. The van der Waals surface area contributed by atoms with Gasteiger partial charge in [0, 0.05) is 44.1 Å². The summed E-state index contributed by atoms with van der Waals surface area (Å²) in [6, 6.07) is 16.0. The summed E-state index contributed by atoms with van der Waals surface area (Å²) in [5, 5.41) is 12.2. The highest BCUT2D eigenvalue weighted by molar-refractivity contribution is 6.24. The SMILES string of the molecule is CN1CCN(CC(=O)N2CCc3cc(N=C(c4ccc(F)cc4)C4C(=O)Nc5cc(C(=O)O)ccc54)ccc32)CC1. The second-order valence-corrected chi connectivity index (χ2v) is 10.7. The fraction of sp³-hybridized carbons (Fsp3) is 0.290. The summed E-state index contributed by atoms with van der Waals surface area (Å²) in [5.41, 5.74) is 4.56. The van der Waals surface area contributed by atoms with Crippen LogP contribution in [0.2, 0.25) is 0 Å². The Morgan fingerprint density at radius 2 is 1.71 bits per heavy atom. The van der Waals surface area contributed by atoms with Gasteiger partial charge in [0.15, 0.2) is 0 Å². The minimum Gasteiger partial charge on any atom is -0.478 e. The Morgan fingerprint density at radius 3 is 2.44 bits per heavy atom. The molecule has 2 amide bonds. The highest BCUT2D eigenvalue weighted by Gasteiger charge is 2.36. The standard InChI is InChI=1S/C31H30FN5O4/c1-35-12-14-36(15-13-35)18-27(38)37-11-10-20-16-23(7-9-26(20)37)33-29(19-2-5-22(32)6-3-19)28-24-8-4-21(31(40)41)17-25(24)34-30(28)39/h2-9,16-17,28H,10-15,18H2,1H3,(H,34,39)(H,40,41). The average molecular weight is 556 g/mol. The number of carboxylic acids is 1.